The summed E-state index contributed by atoms with van der Waals surface area (Å²) >= 11 is 0. The van der Waals surface area contributed by atoms with Gasteiger partial charge < -0.3 is 19.5 Å². The first-order valence-corrected chi connectivity index (χ1v) is 13.7. The van der Waals surface area contributed by atoms with E-state index in [9.17, 15) is 19.5 Å². The molecule has 7 heteroatoms. The lowest BCUT2D eigenvalue weighted by atomic mass is 9.89. The molecule has 1 fully saturated rings. The molecule has 3 rings (SSSR count). The fraction of sp³-hybridized carbons (Fsp3) is 0.567. The van der Waals surface area contributed by atoms with Gasteiger partial charge in [-0.25, -0.2) is 0 Å². The zero-order chi connectivity index (χ0) is 27.2. The number of amides is 2. The van der Waals surface area contributed by atoms with Crippen LogP contribution in [0.5, 0.6) is 0 Å². The van der Waals surface area contributed by atoms with E-state index in [-0.39, 0.29) is 35.9 Å². The van der Waals surface area contributed by atoms with E-state index in [4.69, 9.17) is 0 Å². The molecule has 2 aromatic rings. The number of hydrogen-bond donors (Lipinski definition) is 1. The van der Waals surface area contributed by atoms with Gasteiger partial charge >= 0.3 is 0 Å². The van der Waals surface area contributed by atoms with E-state index in [1.54, 1.807) is 18.1 Å². The summed E-state index contributed by atoms with van der Waals surface area (Å²) in [5.41, 5.74) is 0.431. The lowest BCUT2D eigenvalue weighted by molar-refractivity contribution is -0.140. The molecule has 0 spiro atoms. The van der Waals surface area contributed by atoms with Crippen LogP contribution in [-0.4, -0.2) is 63.1 Å². The summed E-state index contributed by atoms with van der Waals surface area (Å²) in [6.07, 6.45) is 6.22. The van der Waals surface area contributed by atoms with Crippen LogP contribution in [0.3, 0.4) is 0 Å². The number of pyridine rings is 1. The van der Waals surface area contributed by atoms with Gasteiger partial charge in [0.15, 0.2) is 0 Å². The molecule has 1 N–H and O–H groups in total. The van der Waals surface area contributed by atoms with Crippen LogP contribution in [0, 0.1) is 5.92 Å². The quantitative estimate of drug-likeness (QED) is 0.509. The molecule has 37 heavy (non-hydrogen) atoms. The van der Waals surface area contributed by atoms with E-state index >= 15 is 0 Å². The first kappa shape index (κ1) is 28.6. The predicted octanol–water partition coefficient (Wildman–Crippen LogP) is 4.57. The number of nitrogens with zero attached hydrogens (tertiary/aromatic N) is 3. The van der Waals surface area contributed by atoms with Gasteiger partial charge in [-0.2, -0.15) is 0 Å². The van der Waals surface area contributed by atoms with Crippen molar-refractivity contribution in [3.63, 3.8) is 0 Å². The van der Waals surface area contributed by atoms with E-state index in [0.29, 0.717) is 37.1 Å². The first-order chi connectivity index (χ1) is 17.6. The van der Waals surface area contributed by atoms with Gasteiger partial charge in [-0.15, -0.1) is 0 Å². The second kappa shape index (κ2) is 12.5. The van der Waals surface area contributed by atoms with Crippen LogP contribution in [0.2, 0.25) is 0 Å². The summed E-state index contributed by atoms with van der Waals surface area (Å²) in [5, 5.41) is 11.4. The average molecular weight is 510 g/mol. The minimum absolute atomic E-state index is 0.00757. The van der Waals surface area contributed by atoms with Crippen LogP contribution in [0.1, 0.15) is 76.6 Å². The molecular formula is C30H43N3O4. The fourth-order valence-electron chi connectivity index (χ4n) is 4.98. The van der Waals surface area contributed by atoms with E-state index in [0.717, 1.165) is 31.2 Å². The number of aromatic nitrogens is 1. The van der Waals surface area contributed by atoms with Crippen LogP contribution in [0.15, 0.2) is 47.4 Å². The number of carbonyl (C=O) groups excluding carboxylic acids is 2. The van der Waals surface area contributed by atoms with Crippen LogP contribution in [-0.2, 0) is 11.3 Å². The molecule has 7 nitrogen and oxygen atoms in total. The highest BCUT2D eigenvalue weighted by atomic mass is 16.3. The molecule has 0 saturated carbocycles. The van der Waals surface area contributed by atoms with Crippen LogP contribution >= 0.6 is 0 Å². The Kier molecular flexibility index (Phi) is 9.71. The maximum atomic E-state index is 13.4. The van der Waals surface area contributed by atoms with Crippen LogP contribution in [0.4, 0.5) is 0 Å². The van der Waals surface area contributed by atoms with Crippen molar-refractivity contribution in [2.45, 2.75) is 84.4 Å². The van der Waals surface area contributed by atoms with Gasteiger partial charge in [-0.1, -0.05) is 57.0 Å². The first-order valence-electron chi connectivity index (χ1n) is 13.7. The Labute approximate surface area is 221 Å². The van der Waals surface area contributed by atoms with Gasteiger partial charge in [-0.3, -0.25) is 14.4 Å². The Balaban J connectivity index is 1.84. The van der Waals surface area contributed by atoms with Gasteiger partial charge in [0.25, 0.3) is 11.5 Å². The molecule has 1 aliphatic rings. The minimum Gasteiger partial charge on any atom is -0.388 e. The van der Waals surface area contributed by atoms with Gasteiger partial charge in [0.05, 0.1) is 17.7 Å². The molecule has 0 aliphatic carbocycles. The summed E-state index contributed by atoms with van der Waals surface area (Å²) < 4.78 is 1.46. The van der Waals surface area contributed by atoms with Crippen molar-refractivity contribution in [1.29, 1.82) is 0 Å². The zero-order valence-electron chi connectivity index (χ0n) is 23.1. The highest BCUT2D eigenvalue weighted by Crippen LogP contribution is 2.28. The summed E-state index contributed by atoms with van der Waals surface area (Å²) in [4.78, 5) is 43.1. The number of carbonyl (C=O) groups is 2. The highest BCUT2D eigenvalue weighted by Gasteiger charge is 2.36. The number of rotatable bonds is 10. The fourth-order valence-corrected chi connectivity index (χ4v) is 4.98. The number of benzene rings is 1. The molecule has 1 atom stereocenters. The Morgan fingerprint density at radius 1 is 1.11 bits per heavy atom. The summed E-state index contributed by atoms with van der Waals surface area (Å²) in [6.45, 7) is 9.10. The smallest absolute Gasteiger partial charge is 0.255 e. The monoisotopic (exact) mass is 509 g/mol. The van der Waals surface area contributed by atoms with Gasteiger partial charge in [-0.05, 0) is 45.1 Å². The zero-order valence-corrected chi connectivity index (χ0v) is 23.1. The molecule has 1 saturated heterocycles. The van der Waals surface area contributed by atoms with Gasteiger partial charge in [0.2, 0.25) is 5.91 Å². The summed E-state index contributed by atoms with van der Waals surface area (Å²) in [5.74, 6) is 0.0329. The maximum absolute atomic E-state index is 13.4. The molecule has 1 unspecified atom stereocenters. The van der Waals surface area contributed by atoms with Gasteiger partial charge in [0, 0.05) is 49.9 Å². The van der Waals surface area contributed by atoms with Crippen LogP contribution in [0.25, 0.3) is 11.1 Å². The molecular weight excluding hydrogens is 466 g/mol. The van der Waals surface area contributed by atoms with E-state index in [2.05, 4.69) is 13.8 Å². The van der Waals surface area contributed by atoms with E-state index in [1.165, 1.54) is 10.6 Å². The number of hydrogen-bond acceptors (Lipinski definition) is 4. The number of piperidine rings is 1. The molecule has 202 valence electrons. The molecule has 0 radical (unpaired) electrons. The van der Waals surface area contributed by atoms with Crippen LogP contribution < -0.4 is 5.56 Å². The number of aliphatic hydroxyl groups is 1. The van der Waals surface area contributed by atoms with E-state index in [1.807, 2.05) is 49.1 Å². The third-order valence-electron chi connectivity index (χ3n) is 7.75. The van der Waals surface area contributed by atoms with Crippen molar-refractivity contribution in [3.8, 4) is 11.1 Å². The largest absolute Gasteiger partial charge is 0.388 e. The SMILES string of the molecule is CCCCC(CC)C(=O)N1CCC(O)(Cn2cc(C(=O)N(C)C(C)C)c(-c3ccccc3)cc2=O)CC1. The second-order valence-electron chi connectivity index (χ2n) is 10.7. The van der Waals surface area contributed by atoms with Crippen molar-refractivity contribution in [2.24, 2.45) is 5.92 Å². The normalized spacial score (nSPS) is 16.0. The molecule has 1 aliphatic heterocycles. The van der Waals surface area contributed by atoms with Crippen molar-refractivity contribution in [3.05, 3.63) is 58.5 Å². The topological polar surface area (TPSA) is 82.8 Å². The summed E-state index contributed by atoms with van der Waals surface area (Å²) in [6, 6.07) is 10.9. The third-order valence-corrected chi connectivity index (χ3v) is 7.75. The average Bonchev–Trinajstić information content (AvgIpc) is 2.89. The molecule has 2 amide bonds. The number of likely N-dealkylation sites (tertiary alicyclic amines) is 1. The summed E-state index contributed by atoms with van der Waals surface area (Å²) in [7, 11) is 1.75. The molecule has 1 aromatic heterocycles. The predicted molar refractivity (Wildman–Crippen MR) is 147 cm³/mol. The minimum atomic E-state index is -1.12. The molecule has 0 bridgehead atoms. The maximum Gasteiger partial charge on any atom is 0.255 e. The Morgan fingerprint density at radius 3 is 2.32 bits per heavy atom. The number of unbranched alkanes of at least 4 members (excludes halogenated alkanes) is 1. The molecule has 2 heterocycles. The highest BCUT2D eigenvalue weighted by molar-refractivity contribution is 6.00. The second-order valence-corrected chi connectivity index (χ2v) is 10.7. The standard InChI is InChI=1S/C30H43N3O4/c1-6-8-12-23(7-2)28(35)32-17-15-30(37,16-18-32)21-33-20-26(29(36)31(5)22(3)4)25(19-27(33)34)24-13-10-9-11-14-24/h9-11,13-14,19-20,22-23,37H,6-8,12,15-18,21H2,1-5H3. The van der Waals surface area contributed by atoms with Crippen molar-refractivity contribution in [2.75, 3.05) is 20.1 Å². The van der Waals surface area contributed by atoms with Crippen molar-refractivity contribution in [1.82, 2.24) is 14.4 Å². The van der Waals surface area contributed by atoms with Crippen molar-refractivity contribution >= 4 is 11.8 Å². The lowest BCUT2D eigenvalue weighted by Gasteiger charge is -2.39. The van der Waals surface area contributed by atoms with E-state index < -0.39 is 5.60 Å². The Hall–Kier alpha value is -2.93. The Bertz CT molecular complexity index is 1120. The Morgan fingerprint density at radius 2 is 1.76 bits per heavy atom. The van der Waals surface area contributed by atoms with Gasteiger partial charge in [0.1, 0.15) is 0 Å². The third kappa shape index (κ3) is 6.89. The van der Waals surface area contributed by atoms with Crippen molar-refractivity contribution < 1.29 is 14.7 Å². The molecule has 1 aromatic carbocycles. The lowest BCUT2D eigenvalue weighted by Crippen LogP contribution is -2.51.